The number of rotatable bonds is 1. The van der Waals surface area contributed by atoms with E-state index in [1.54, 1.807) is 0 Å². The standard InChI is InChI=1S/C16H14/c1-4-14-7-9-15(10-8-14)16-11-12(2)5-6-13(16)3/h1,5-11H,2-3H3. The zero-order valence-corrected chi connectivity index (χ0v) is 9.62. The summed E-state index contributed by atoms with van der Waals surface area (Å²) in [5.41, 5.74) is 6.00. The van der Waals surface area contributed by atoms with Gasteiger partial charge in [0.25, 0.3) is 0 Å². The summed E-state index contributed by atoms with van der Waals surface area (Å²) in [6, 6.07) is 14.6. The highest BCUT2D eigenvalue weighted by atomic mass is 14.1. The molecule has 0 heterocycles. The van der Waals surface area contributed by atoms with E-state index < -0.39 is 0 Å². The Balaban J connectivity index is 2.50. The van der Waals surface area contributed by atoms with Crippen LogP contribution in [0.1, 0.15) is 16.7 Å². The maximum Gasteiger partial charge on any atom is 0.0243 e. The third-order valence-corrected chi connectivity index (χ3v) is 2.76. The van der Waals surface area contributed by atoms with E-state index in [2.05, 4.69) is 50.1 Å². The molecular weight excluding hydrogens is 192 g/mol. The molecule has 0 aromatic heterocycles. The molecule has 0 fully saturated rings. The topological polar surface area (TPSA) is 0 Å². The number of benzene rings is 2. The maximum atomic E-state index is 5.34. The summed E-state index contributed by atoms with van der Waals surface area (Å²) in [5.74, 6) is 2.63. The highest BCUT2D eigenvalue weighted by molar-refractivity contribution is 5.68. The largest absolute Gasteiger partial charge is 0.115 e. The van der Waals surface area contributed by atoms with Crippen LogP contribution in [0, 0.1) is 26.2 Å². The summed E-state index contributed by atoms with van der Waals surface area (Å²) >= 11 is 0. The Morgan fingerprint density at radius 2 is 1.62 bits per heavy atom. The molecule has 0 radical (unpaired) electrons. The molecule has 0 saturated heterocycles. The summed E-state index contributed by atoms with van der Waals surface area (Å²) in [6.07, 6.45) is 5.34. The van der Waals surface area contributed by atoms with Gasteiger partial charge in [-0.2, -0.15) is 0 Å². The highest BCUT2D eigenvalue weighted by Gasteiger charge is 2.01. The zero-order valence-electron chi connectivity index (χ0n) is 9.62. The number of terminal acetylenes is 1. The van der Waals surface area contributed by atoms with E-state index in [0.29, 0.717) is 0 Å². The SMILES string of the molecule is C#Cc1ccc(-c2cc(C)ccc2C)cc1. The van der Waals surface area contributed by atoms with Crippen LogP contribution in [0.15, 0.2) is 42.5 Å². The first-order chi connectivity index (χ1) is 7.70. The molecule has 0 N–H and O–H groups in total. The predicted octanol–water partition coefficient (Wildman–Crippen LogP) is 3.95. The van der Waals surface area contributed by atoms with Crippen molar-refractivity contribution in [2.45, 2.75) is 13.8 Å². The van der Waals surface area contributed by atoms with Crippen LogP contribution >= 0.6 is 0 Å². The van der Waals surface area contributed by atoms with E-state index in [0.717, 1.165) is 5.56 Å². The fourth-order valence-corrected chi connectivity index (χ4v) is 1.79. The fourth-order valence-electron chi connectivity index (χ4n) is 1.79. The first-order valence-corrected chi connectivity index (χ1v) is 5.35. The summed E-state index contributed by atoms with van der Waals surface area (Å²) in [7, 11) is 0. The van der Waals surface area contributed by atoms with Gasteiger partial charge in [0.05, 0.1) is 0 Å². The summed E-state index contributed by atoms with van der Waals surface area (Å²) in [4.78, 5) is 0. The fraction of sp³-hybridized carbons (Fsp3) is 0.125. The lowest BCUT2D eigenvalue weighted by molar-refractivity contribution is 1.39. The van der Waals surface area contributed by atoms with Gasteiger partial charge in [-0.25, -0.2) is 0 Å². The molecular formula is C16H14. The number of hydrogen-bond donors (Lipinski definition) is 0. The molecule has 0 saturated carbocycles. The van der Waals surface area contributed by atoms with Crippen LogP contribution in [-0.2, 0) is 0 Å². The molecule has 0 atom stereocenters. The highest BCUT2D eigenvalue weighted by Crippen LogP contribution is 2.24. The minimum absolute atomic E-state index is 0.925. The van der Waals surface area contributed by atoms with Gasteiger partial charge in [0, 0.05) is 5.56 Å². The first kappa shape index (κ1) is 10.5. The van der Waals surface area contributed by atoms with Gasteiger partial charge in [0.2, 0.25) is 0 Å². The quantitative estimate of drug-likeness (QED) is 0.620. The molecule has 0 amide bonds. The third kappa shape index (κ3) is 1.99. The second kappa shape index (κ2) is 4.24. The molecule has 0 aliphatic rings. The second-order valence-corrected chi connectivity index (χ2v) is 4.04. The average Bonchev–Trinajstić information content (AvgIpc) is 2.32. The smallest absolute Gasteiger partial charge is 0.0243 e. The van der Waals surface area contributed by atoms with Gasteiger partial charge < -0.3 is 0 Å². The molecule has 0 bridgehead atoms. The lowest BCUT2D eigenvalue weighted by Crippen LogP contribution is -1.85. The molecule has 0 heteroatoms. The summed E-state index contributed by atoms with van der Waals surface area (Å²) in [6.45, 7) is 4.24. The van der Waals surface area contributed by atoms with Gasteiger partial charge in [-0.3, -0.25) is 0 Å². The van der Waals surface area contributed by atoms with E-state index in [1.807, 2.05) is 12.1 Å². The Bertz CT molecular complexity index is 539. The van der Waals surface area contributed by atoms with Gasteiger partial charge in [0.1, 0.15) is 0 Å². The van der Waals surface area contributed by atoms with Crippen molar-refractivity contribution in [2.75, 3.05) is 0 Å². The summed E-state index contributed by atoms with van der Waals surface area (Å²) in [5, 5.41) is 0. The van der Waals surface area contributed by atoms with Crippen molar-refractivity contribution in [3.8, 4) is 23.5 Å². The van der Waals surface area contributed by atoms with Crippen LogP contribution in [0.5, 0.6) is 0 Å². The van der Waals surface area contributed by atoms with Crippen molar-refractivity contribution in [1.82, 2.24) is 0 Å². The van der Waals surface area contributed by atoms with E-state index in [4.69, 9.17) is 6.42 Å². The molecule has 78 valence electrons. The van der Waals surface area contributed by atoms with E-state index in [-0.39, 0.29) is 0 Å². The molecule has 0 spiro atoms. The Labute approximate surface area is 96.9 Å². The molecule has 16 heavy (non-hydrogen) atoms. The molecule has 0 unspecified atom stereocenters. The van der Waals surface area contributed by atoms with Crippen LogP contribution in [0.4, 0.5) is 0 Å². The van der Waals surface area contributed by atoms with Gasteiger partial charge in [0.15, 0.2) is 0 Å². The van der Waals surface area contributed by atoms with Crippen LogP contribution in [-0.4, -0.2) is 0 Å². The van der Waals surface area contributed by atoms with Crippen molar-refractivity contribution in [3.05, 3.63) is 59.2 Å². The molecule has 0 aliphatic carbocycles. The first-order valence-electron chi connectivity index (χ1n) is 5.35. The van der Waals surface area contributed by atoms with E-state index in [1.165, 1.54) is 22.3 Å². The van der Waals surface area contributed by atoms with Crippen molar-refractivity contribution in [1.29, 1.82) is 0 Å². The third-order valence-electron chi connectivity index (χ3n) is 2.76. The van der Waals surface area contributed by atoms with E-state index in [9.17, 15) is 0 Å². The van der Waals surface area contributed by atoms with Crippen molar-refractivity contribution in [2.24, 2.45) is 0 Å². The van der Waals surface area contributed by atoms with Crippen LogP contribution in [0.3, 0.4) is 0 Å². The molecule has 2 aromatic rings. The normalized spacial score (nSPS) is 9.81. The molecule has 2 rings (SSSR count). The summed E-state index contributed by atoms with van der Waals surface area (Å²) < 4.78 is 0. The minimum atomic E-state index is 0.925. The molecule has 0 aliphatic heterocycles. The van der Waals surface area contributed by atoms with Crippen LogP contribution < -0.4 is 0 Å². The lowest BCUT2D eigenvalue weighted by atomic mass is 9.98. The number of aryl methyl sites for hydroxylation is 2. The predicted molar refractivity (Wildman–Crippen MR) is 69.3 cm³/mol. The molecule has 0 nitrogen and oxygen atoms in total. The Hall–Kier alpha value is -2.00. The number of hydrogen-bond acceptors (Lipinski definition) is 0. The van der Waals surface area contributed by atoms with Crippen molar-refractivity contribution < 1.29 is 0 Å². The van der Waals surface area contributed by atoms with Gasteiger partial charge in [-0.05, 0) is 42.7 Å². The Morgan fingerprint density at radius 3 is 2.25 bits per heavy atom. The van der Waals surface area contributed by atoms with Gasteiger partial charge >= 0.3 is 0 Å². The molecule has 2 aromatic carbocycles. The minimum Gasteiger partial charge on any atom is -0.115 e. The van der Waals surface area contributed by atoms with Crippen molar-refractivity contribution in [3.63, 3.8) is 0 Å². The maximum absolute atomic E-state index is 5.34. The zero-order chi connectivity index (χ0) is 11.5. The van der Waals surface area contributed by atoms with Crippen LogP contribution in [0.2, 0.25) is 0 Å². The van der Waals surface area contributed by atoms with Gasteiger partial charge in [-0.15, -0.1) is 6.42 Å². The van der Waals surface area contributed by atoms with Crippen LogP contribution in [0.25, 0.3) is 11.1 Å². The second-order valence-electron chi connectivity index (χ2n) is 4.04. The Morgan fingerprint density at radius 1 is 0.938 bits per heavy atom. The lowest BCUT2D eigenvalue weighted by Gasteiger charge is -2.07. The monoisotopic (exact) mass is 206 g/mol. The van der Waals surface area contributed by atoms with E-state index >= 15 is 0 Å². The Kier molecular flexibility index (Phi) is 2.79. The van der Waals surface area contributed by atoms with Crippen molar-refractivity contribution >= 4 is 0 Å². The van der Waals surface area contributed by atoms with Gasteiger partial charge in [-0.1, -0.05) is 41.8 Å². The average molecular weight is 206 g/mol.